The Morgan fingerprint density at radius 1 is 0.487 bits per heavy atom. The fourth-order valence-electron chi connectivity index (χ4n) is 5.39. The molecule has 0 N–H and O–H groups in total. The van der Waals surface area contributed by atoms with Gasteiger partial charge < -0.3 is 4.90 Å². The van der Waals surface area contributed by atoms with Crippen molar-refractivity contribution >= 4 is 40.1 Å². The molecule has 4 aromatic carbocycles. The van der Waals surface area contributed by atoms with Gasteiger partial charge in [-0.3, -0.25) is 9.80 Å². The molecule has 0 saturated heterocycles. The molecule has 39 heavy (non-hydrogen) atoms. The van der Waals surface area contributed by atoms with Gasteiger partial charge in [-0.15, -0.1) is 0 Å². The van der Waals surface area contributed by atoms with Gasteiger partial charge in [-0.25, -0.2) is 9.97 Å². The third kappa shape index (κ3) is 4.34. The van der Waals surface area contributed by atoms with Gasteiger partial charge in [0.1, 0.15) is 18.0 Å². The van der Waals surface area contributed by atoms with Crippen molar-refractivity contribution in [2.75, 3.05) is 14.7 Å². The lowest BCUT2D eigenvalue weighted by Crippen LogP contribution is -2.24. The van der Waals surface area contributed by atoms with Crippen LogP contribution < -0.4 is 14.7 Å². The summed E-state index contributed by atoms with van der Waals surface area (Å²) in [6.45, 7) is 0. The minimum Gasteiger partial charge on any atom is -0.311 e. The van der Waals surface area contributed by atoms with E-state index >= 15 is 0 Å². The maximum atomic E-state index is 4.79. The molecule has 0 amide bonds. The quantitative estimate of drug-likeness (QED) is 0.245. The molecule has 0 fully saturated rings. The average Bonchev–Trinajstić information content (AvgIpc) is 3.00. The summed E-state index contributed by atoms with van der Waals surface area (Å²) in [5.74, 6) is 1.64. The van der Waals surface area contributed by atoms with Gasteiger partial charge in [0.05, 0.1) is 0 Å². The van der Waals surface area contributed by atoms with Crippen LogP contribution in [-0.2, 0) is 0 Å². The monoisotopic (exact) mass is 505 g/mol. The lowest BCUT2D eigenvalue weighted by atomic mass is 10.0. The zero-order chi connectivity index (χ0) is 26.0. The summed E-state index contributed by atoms with van der Waals surface area (Å²) in [6, 6.07) is 42.2. The number of allylic oxidation sites excluding steroid dienone is 3. The second kappa shape index (κ2) is 9.95. The second-order valence-corrected chi connectivity index (χ2v) is 9.57. The summed E-state index contributed by atoms with van der Waals surface area (Å²) in [7, 11) is 0. The van der Waals surface area contributed by atoms with Gasteiger partial charge >= 0.3 is 0 Å². The van der Waals surface area contributed by atoms with E-state index in [9.17, 15) is 0 Å². The number of para-hydroxylation sites is 3. The average molecular weight is 506 g/mol. The number of nitrogens with zero attached hydrogens (tertiary/aromatic N) is 5. The van der Waals surface area contributed by atoms with Gasteiger partial charge in [-0.05, 0) is 73.5 Å². The van der Waals surface area contributed by atoms with E-state index in [4.69, 9.17) is 9.97 Å². The first-order chi connectivity index (χ1) is 19.3. The van der Waals surface area contributed by atoms with Crippen molar-refractivity contribution in [3.05, 3.63) is 151 Å². The van der Waals surface area contributed by atoms with Crippen LogP contribution in [-0.4, -0.2) is 9.97 Å². The van der Waals surface area contributed by atoms with E-state index in [0.717, 1.165) is 58.6 Å². The molecule has 5 heteroatoms. The molecule has 7 rings (SSSR count). The first kappa shape index (κ1) is 23.0. The van der Waals surface area contributed by atoms with Gasteiger partial charge in [0.2, 0.25) is 0 Å². The van der Waals surface area contributed by atoms with Gasteiger partial charge in [-0.2, -0.15) is 0 Å². The number of benzene rings is 4. The van der Waals surface area contributed by atoms with Crippen LogP contribution in [0.1, 0.15) is 12.8 Å². The third-order valence-electron chi connectivity index (χ3n) is 7.10. The lowest BCUT2D eigenvalue weighted by Gasteiger charge is -2.34. The van der Waals surface area contributed by atoms with Crippen molar-refractivity contribution in [1.82, 2.24) is 9.97 Å². The SMILES string of the molecule is C1=C2C=C(CC1)N(c1ccccc1)c1cc(ncn1)N(c1ccccc1)c1cccc(c1)N2c1ccccc1. The number of anilines is 7. The minimum atomic E-state index is 0.809. The van der Waals surface area contributed by atoms with Gasteiger partial charge in [0.25, 0.3) is 0 Å². The molecule has 0 unspecified atom stereocenters. The van der Waals surface area contributed by atoms with Crippen LogP contribution in [0.15, 0.2) is 151 Å². The lowest BCUT2D eigenvalue weighted by molar-refractivity contribution is 0.884. The van der Waals surface area contributed by atoms with E-state index in [-0.39, 0.29) is 0 Å². The van der Waals surface area contributed by atoms with Crippen molar-refractivity contribution in [3.8, 4) is 0 Å². The minimum absolute atomic E-state index is 0.809. The van der Waals surface area contributed by atoms with Crippen molar-refractivity contribution in [1.29, 1.82) is 0 Å². The Hall–Kier alpha value is -5.16. The molecule has 1 aliphatic heterocycles. The Morgan fingerprint density at radius 2 is 1.00 bits per heavy atom. The summed E-state index contributed by atoms with van der Waals surface area (Å²) >= 11 is 0. The van der Waals surface area contributed by atoms with Crippen LogP contribution in [0, 0.1) is 0 Å². The molecule has 2 aliphatic rings. The zero-order valence-corrected chi connectivity index (χ0v) is 21.4. The topological polar surface area (TPSA) is 35.5 Å². The molecule has 0 saturated carbocycles. The summed E-state index contributed by atoms with van der Waals surface area (Å²) in [5.41, 5.74) is 7.66. The van der Waals surface area contributed by atoms with E-state index in [1.54, 1.807) is 6.33 Å². The fraction of sp³-hybridized carbons (Fsp3) is 0.0588. The van der Waals surface area contributed by atoms with E-state index in [0.29, 0.717) is 0 Å². The molecular formula is C34H27N5. The highest BCUT2D eigenvalue weighted by Crippen LogP contribution is 2.42. The molecule has 188 valence electrons. The van der Waals surface area contributed by atoms with Crippen molar-refractivity contribution in [3.63, 3.8) is 0 Å². The Labute approximate surface area is 228 Å². The van der Waals surface area contributed by atoms with E-state index in [1.165, 1.54) is 5.70 Å². The molecule has 5 aromatic rings. The largest absolute Gasteiger partial charge is 0.311 e. The van der Waals surface area contributed by atoms with E-state index in [1.807, 2.05) is 12.1 Å². The number of hydrogen-bond donors (Lipinski definition) is 0. The summed E-state index contributed by atoms with van der Waals surface area (Å²) in [5, 5.41) is 0. The first-order valence-electron chi connectivity index (χ1n) is 13.2. The predicted molar refractivity (Wildman–Crippen MR) is 159 cm³/mol. The van der Waals surface area contributed by atoms with Gasteiger partial charge in [0, 0.05) is 45.9 Å². The molecular weight excluding hydrogens is 478 g/mol. The summed E-state index contributed by atoms with van der Waals surface area (Å²) < 4.78 is 0. The van der Waals surface area contributed by atoms with E-state index in [2.05, 4.69) is 136 Å². The second-order valence-electron chi connectivity index (χ2n) is 9.57. The van der Waals surface area contributed by atoms with Gasteiger partial charge in [-0.1, -0.05) is 66.7 Å². The Bertz CT molecular complexity index is 1660. The molecule has 0 atom stereocenters. The van der Waals surface area contributed by atoms with Crippen LogP contribution in [0.2, 0.25) is 0 Å². The molecule has 1 aromatic heterocycles. The molecule has 5 nitrogen and oxygen atoms in total. The Balaban J connectivity index is 1.53. The van der Waals surface area contributed by atoms with Crippen molar-refractivity contribution in [2.45, 2.75) is 12.8 Å². The Kier molecular flexibility index (Phi) is 5.87. The highest BCUT2D eigenvalue weighted by molar-refractivity contribution is 5.82. The molecule has 1 aliphatic carbocycles. The molecule has 0 spiro atoms. The molecule has 2 heterocycles. The highest BCUT2D eigenvalue weighted by Gasteiger charge is 2.25. The standard InChI is InChI=1S/C34H27N5/c1-4-12-26(13-5-1)37-29-18-10-20-31(22-29)38(27-14-6-2-7-15-27)33-24-34(36-25-35-33)39(28-16-8-3-9-17-28)32-21-11-19-30(37)23-32/h1-10,12-20,22-25H,11,21H2. The normalized spacial score (nSPS) is 14.6. The van der Waals surface area contributed by atoms with Crippen LogP contribution in [0.3, 0.4) is 0 Å². The van der Waals surface area contributed by atoms with Crippen LogP contribution >= 0.6 is 0 Å². The Morgan fingerprint density at radius 3 is 1.64 bits per heavy atom. The fourth-order valence-corrected chi connectivity index (χ4v) is 5.39. The molecule has 0 radical (unpaired) electrons. The third-order valence-corrected chi connectivity index (χ3v) is 7.10. The summed E-state index contributed by atoms with van der Waals surface area (Å²) in [6.07, 6.45) is 8.14. The zero-order valence-electron chi connectivity index (χ0n) is 21.4. The number of rotatable bonds is 3. The maximum Gasteiger partial charge on any atom is 0.143 e. The van der Waals surface area contributed by atoms with Crippen molar-refractivity contribution < 1.29 is 0 Å². The number of aromatic nitrogens is 2. The highest BCUT2D eigenvalue weighted by atomic mass is 15.3. The first-order valence-corrected chi connectivity index (χ1v) is 13.2. The smallest absolute Gasteiger partial charge is 0.143 e. The van der Waals surface area contributed by atoms with Crippen molar-refractivity contribution in [2.24, 2.45) is 0 Å². The van der Waals surface area contributed by atoms with Crippen LogP contribution in [0.4, 0.5) is 40.1 Å². The maximum absolute atomic E-state index is 4.79. The van der Waals surface area contributed by atoms with E-state index < -0.39 is 0 Å². The van der Waals surface area contributed by atoms with Crippen LogP contribution in [0.25, 0.3) is 0 Å². The molecule has 6 bridgehead atoms. The van der Waals surface area contributed by atoms with Crippen LogP contribution in [0.5, 0.6) is 0 Å². The number of hydrogen-bond acceptors (Lipinski definition) is 5. The summed E-state index contributed by atoms with van der Waals surface area (Å²) in [4.78, 5) is 16.4. The predicted octanol–water partition coefficient (Wildman–Crippen LogP) is 8.80. The van der Waals surface area contributed by atoms with Gasteiger partial charge in [0.15, 0.2) is 0 Å². The number of fused-ring (bicyclic) bond motifs is 5.